The number of hydrogen-bond donors (Lipinski definition) is 0. The van der Waals surface area contributed by atoms with E-state index in [0.717, 1.165) is 16.7 Å². The summed E-state index contributed by atoms with van der Waals surface area (Å²) in [4.78, 5) is 25.2. The number of fused-ring (bicyclic) bond motifs is 1. The minimum absolute atomic E-state index is 0.0907. The van der Waals surface area contributed by atoms with Crippen molar-refractivity contribution in [3.8, 4) is 17.2 Å². The van der Waals surface area contributed by atoms with E-state index in [2.05, 4.69) is 0 Å². The van der Waals surface area contributed by atoms with Crippen LogP contribution in [0, 0.1) is 20.8 Å². The Labute approximate surface area is 173 Å². The SMILES string of the molecule is Cc1cccc(Oc2coc3cc(OC(=O)c4ccc(C)c(C)c4)ccc3c2=O)c1. The van der Waals surface area contributed by atoms with Crippen LogP contribution in [-0.4, -0.2) is 5.97 Å². The summed E-state index contributed by atoms with van der Waals surface area (Å²) < 4.78 is 16.7. The first-order valence-electron chi connectivity index (χ1n) is 9.50. The molecule has 30 heavy (non-hydrogen) atoms. The van der Waals surface area contributed by atoms with Crippen molar-refractivity contribution in [2.45, 2.75) is 20.8 Å². The highest BCUT2D eigenvalue weighted by Gasteiger charge is 2.13. The normalized spacial score (nSPS) is 10.8. The predicted molar refractivity (Wildman–Crippen MR) is 115 cm³/mol. The van der Waals surface area contributed by atoms with E-state index in [0.29, 0.717) is 28.0 Å². The van der Waals surface area contributed by atoms with E-state index in [1.807, 2.05) is 45.0 Å². The number of rotatable bonds is 4. The van der Waals surface area contributed by atoms with Crippen LogP contribution in [0.25, 0.3) is 11.0 Å². The van der Waals surface area contributed by atoms with Crippen molar-refractivity contribution in [3.63, 3.8) is 0 Å². The zero-order valence-electron chi connectivity index (χ0n) is 16.9. The molecule has 0 radical (unpaired) electrons. The molecule has 0 spiro atoms. The fourth-order valence-electron chi connectivity index (χ4n) is 3.07. The smallest absolute Gasteiger partial charge is 0.343 e. The molecule has 0 aliphatic heterocycles. The summed E-state index contributed by atoms with van der Waals surface area (Å²) in [7, 11) is 0. The molecule has 0 unspecified atom stereocenters. The molecule has 0 fully saturated rings. The van der Waals surface area contributed by atoms with Gasteiger partial charge in [-0.2, -0.15) is 0 Å². The van der Waals surface area contributed by atoms with Crippen LogP contribution in [0.5, 0.6) is 17.2 Å². The molecule has 5 nitrogen and oxygen atoms in total. The van der Waals surface area contributed by atoms with Crippen LogP contribution in [0.4, 0.5) is 0 Å². The zero-order valence-corrected chi connectivity index (χ0v) is 16.9. The van der Waals surface area contributed by atoms with E-state index in [-0.39, 0.29) is 11.2 Å². The summed E-state index contributed by atoms with van der Waals surface area (Å²) in [5, 5.41) is 0.339. The highest BCUT2D eigenvalue weighted by molar-refractivity contribution is 5.92. The van der Waals surface area contributed by atoms with E-state index >= 15 is 0 Å². The highest BCUT2D eigenvalue weighted by atomic mass is 16.5. The fraction of sp³-hybridized carbons (Fsp3) is 0.120. The first-order chi connectivity index (χ1) is 14.4. The van der Waals surface area contributed by atoms with Crippen molar-refractivity contribution >= 4 is 16.9 Å². The third kappa shape index (κ3) is 3.96. The van der Waals surface area contributed by atoms with E-state index in [1.54, 1.807) is 30.3 Å². The molecule has 3 aromatic carbocycles. The molecule has 1 heterocycles. The number of hydrogen-bond acceptors (Lipinski definition) is 5. The maximum absolute atomic E-state index is 12.7. The summed E-state index contributed by atoms with van der Waals surface area (Å²) in [6, 6.07) is 17.4. The van der Waals surface area contributed by atoms with Gasteiger partial charge >= 0.3 is 5.97 Å². The van der Waals surface area contributed by atoms with Crippen LogP contribution < -0.4 is 14.9 Å². The van der Waals surface area contributed by atoms with Gasteiger partial charge in [-0.3, -0.25) is 4.79 Å². The summed E-state index contributed by atoms with van der Waals surface area (Å²) in [6.07, 6.45) is 1.27. The molecule has 150 valence electrons. The van der Waals surface area contributed by atoms with E-state index in [9.17, 15) is 9.59 Å². The number of carbonyl (C=O) groups excluding carboxylic acids is 1. The van der Waals surface area contributed by atoms with E-state index < -0.39 is 5.97 Å². The van der Waals surface area contributed by atoms with Gasteiger partial charge in [0.1, 0.15) is 23.3 Å². The third-order valence-corrected chi connectivity index (χ3v) is 4.88. The van der Waals surface area contributed by atoms with Gasteiger partial charge in [0, 0.05) is 6.07 Å². The number of ether oxygens (including phenoxy) is 2. The van der Waals surface area contributed by atoms with Gasteiger partial charge in [-0.05, 0) is 73.9 Å². The molecule has 0 saturated carbocycles. The lowest BCUT2D eigenvalue weighted by atomic mass is 10.1. The Morgan fingerprint density at radius 2 is 1.70 bits per heavy atom. The minimum Gasteiger partial charge on any atom is -0.460 e. The topological polar surface area (TPSA) is 65.7 Å². The quantitative estimate of drug-likeness (QED) is 0.323. The van der Waals surface area contributed by atoms with Gasteiger partial charge in [0.05, 0.1) is 10.9 Å². The van der Waals surface area contributed by atoms with Gasteiger partial charge in [0.15, 0.2) is 0 Å². The largest absolute Gasteiger partial charge is 0.460 e. The highest BCUT2D eigenvalue weighted by Crippen LogP contribution is 2.25. The summed E-state index contributed by atoms with van der Waals surface area (Å²) in [5.74, 6) is 0.467. The minimum atomic E-state index is -0.473. The molecule has 0 aliphatic carbocycles. The molecular weight excluding hydrogens is 380 g/mol. The maximum atomic E-state index is 12.7. The van der Waals surface area contributed by atoms with Gasteiger partial charge in [-0.1, -0.05) is 18.2 Å². The molecule has 5 heteroatoms. The molecule has 0 bridgehead atoms. The van der Waals surface area contributed by atoms with Crippen molar-refractivity contribution in [2.75, 3.05) is 0 Å². The average molecular weight is 400 g/mol. The second-order valence-electron chi connectivity index (χ2n) is 7.19. The molecule has 0 N–H and O–H groups in total. The van der Waals surface area contributed by atoms with Gasteiger partial charge in [-0.25, -0.2) is 4.79 Å². The molecule has 0 saturated heterocycles. The Morgan fingerprint density at radius 3 is 2.47 bits per heavy atom. The number of benzene rings is 3. The molecular formula is C25H20O5. The van der Waals surface area contributed by atoms with Crippen LogP contribution >= 0.6 is 0 Å². The Morgan fingerprint density at radius 1 is 0.867 bits per heavy atom. The van der Waals surface area contributed by atoms with E-state index in [1.165, 1.54) is 12.3 Å². The van der Waals surface area contributed by atoms with Crippen molar-refractivity contribution in [1.29, 1.82) is 0 Å². The molecule has 0 aliphatic rings. The van der Waals surface area contributed by atoms with Crippen molar-refractivity contribution in [3.05, 3.63) is 99.4 Å². The van der Waals surface area contributed by atoms with Crippen molar-refractivity contribution < 1.29 is 18.7 Å². The Bertz CT molecular complexity index is 1320. The van der Waals surface area contributed by atoms with Gasteiger partial charge in [0.25, 0.3) is 0 Å². The average Bonchev–Trinajstić information content (AvgIpc) is 2.72. The first kappa shape index (κ1) is 19.5. The summed E-state index contributed by atoms with van der Waals surface area (Å²) >= 11 is 0. The predicted octanol–water partition coefficient (Wildman–Crippen LogP) is 5.73. The van der Waals surface area contributed by atoms with Gasteiger partial charge in [-0.15, -0.1) is 0 Å². The van der Waals surface area contributed by atoms with Crippen LogP contribution in [0.15, 0.2) is 76.1 Å². The Hall–Kier alpha value is -3.86. The lowest BCUT2D eigenvalue weighted by molar-refractivity contribution is 0.0735. The molecule has 0 amide bonds. The number of esters is 1. The summed E-state index contributed by atoms with van der Waals surface area (Å²) in [6.45, 7) is 5.86. The van der Waals surface area contributed by atoms with Crippen LogP contribution in [-0.2, 0) is 0 Å². The monoisotopic (exact) mass is 400 g/mol. The van der Waals surface area contributed by atoms with Crippen LogP contribution in [0.1, 0.15) is 27.0 Å². The van der Waals surface area contributed by atoms with Crippen LogP contribution in [0.3, 0.4) is 0 Å². The zero-order chi connectivity index (χ0) is 21.3. The first-order valence-corrected chi connectivity index (χ1v) is 9.50. The molecule has 1 aromatic heterocycles. The van der Waals surface area contributed by atoms with Crippen molar-refractivity contribution in [2.24, 2.45) is 0 Å². The van der Waals surface area contributed by atoms with Crippen molar-refractivity contribution in [1.82, 2.24) is 0 Å². The van der Waals surface area contributed by atoms with Gasteiger partial charge in [0.2, 0.25) is 11.2 Å². The summed E-state index contributed by atoms with van der Waals surface area (Å²) in [5.41, 5.74) is 3.60. The second-order valence-corrected chi connectivity index (χ2v) is 7.19. The lowest BCUT2D eigenvalue weighted by Crippen LogP contribution is -2.09. The lowest BCUT2D eigenvalue weighted by Gasteiger charge is -2.08. The standard InChI is InChI=1S/C25H20O5/c1-15-5-4-6-19(11-15)29-23-14-28-22-13-20(9-10-21(22)24(23)26)30-25(27)18-8-7-16(2)17(3)12-18/h4-14H,1-3H3. The van der Waals surface area contributed by atoms with Crippen LogP contribution in [0.2, 0.25) is 0 Å². The Kier molecular flexibility index (Phi) is 5.11. The maximum Gasteiger partial charge on any atom is 0.343 e. The molecule has 4 rings (SSSR count). The second kappa shape index (κ2) is 7.87. The number of aryl methyl sites for hydroxylation is 3. The third-order valence-electron chi connectivity index (χ3n) is 4.88. The van der Waals surface area contributed by atoms with E-state index in [4.69, 9.17) is 13.9 Å². The van der Waals surface area contributed by atoms with Gasteiger partial charge < -0.3 is 13.9 Å². The Balaban J connectivity index is 1.59. The fourth-order valence-corrected chi connectivity index (χ4v) is 3.07. The molecule has 0 atom stereocenters. The molecule has 4 aromatic rings. The number of carbonyl (C=O) groups is 1.